The van der Waals surface area contributed by atoms with Crippen LogP contribution < -0.4 is 5.73 Å². The standard InChI is InChI=1S/C12H21N5O/c13-12(8-18)3-1-2-10(6-12)16-4-5-17-9-14-15-11(17)7-16/h9-10,18H,1-8,13H2. The molecular formula is C12H21N5O. The maximum absolute atomic E-state index is 9.42. The molecule has 2 aliphatic rings. The fourth-order valence-corrected chi connectivity index (χ4v) is 3.22. The highest BCUT2D eigenvalue weighted by Gasteiger charge is 2.36. The lowest BCUT2D eigenvalue weighted by Gasteiger charge is -2.43. The molecule has 2 atom stereocenters. The van der Waals surface area contributed by atoms with Crippen molar-refractivity contribution >= 4 is 0 Å². The summed E-state index contributed by atoms with van der Waals surface area (Å²) in [5.41, 5.74) is 5.84. The molecule has 1 aromatic heterocycles. The molecule has 100 valence electrons. The Hall–Kier alpha value is -0.980. The van der Waals surface area contributed by atoms with Crippen LogP contribution in [-0.2, 0) is 13.1 Å². The van der Waals surface area contributed by atoms with Crippen molar-refractivity contribution in [1.82, 2.24) is 19.7 Å². The maximum atomic E-state index is 9.42. The van der Waals surface area contributed by atoms with E-state index in [4.69, 9.17) is 5.73 Å². The molecule has 6 heteroatoms. The molecule has 2 unspecified atom stereocenters. The van der Waals surface area contributed by atoms with Crippen molar-refractivity contribution in [3.05, 3.63) is 12.2 Å². The van der Waals surface area contributed by atoms with Crippen LogP contribution in [0.1, 0.15) is 31.5 Å². The molecule has 1 aliphatic carbocycles. The van der Waals surface area contributed by atoms with E-state index in [-0.39, 0.29) is 12.1 Å². The minimum absolute atomic E-state index is 0.0908. The van der Waals surface area contributed by atoms with Crippen LogP contribution in [0.5, 0.6) is 0 Å². The number of aliphatic hydroxyl groups is 1. The number of hydrogen-bond donors (Lipinski definition) is 2. The number of nitrogens with zero attached hydrogens (tertiary/aromatic N) is 4. The molecule has 1 aromatic rings. The van der Waals surface area contributed by atoms with Gasteiger partial charge >= 0.3 is 0 Å². The Kier molecular flexibility index (Phi) is 3.09. The van der Waals surface area contributed by atoms with Crippen LogP contribution in [-0.4, -0.2) is 49.5 Å². The molecule has 0 aromatic carbocycles. The Balaban J connectivity index is 1.69. The van der Waals surface area contributed by atoms with Gasteiger partial charge in [-0.15, -0.1) is 10.2 Å². The Morgan fingerprint density at radius 2 is 2.39 bits per heavy atom. The summed E-state index contributed by atoms with van der Waals surface area (Å²) in [4.78, 5) is 2.44. The first-order valence-corrected chi connectivity index (χ1v) is 6.71. The second-order valence-electron chi connectivity index (χ2n) is 5.68. The Labute approximate surface area is 107 Å². The highest BCUT2D eigenvalue weighted by molar-refractivity contribution is 4.97. The van der Waals surface area contributed by atoms with E-state index in [1.165, 1.54) is 6.42 Å². The van der Waals surface area contributed by atoms with E-state index in [2.05, 4.69) is 19.7 Å². The minimum atomic E-state index is -0.381. The van der Waals surface area contributed by atoms with Gasteiger partial charge in [0.2, 0.25) is 0 Å². The zero-order valence-electron chi connectivity index (χ0n) is 10.6. The lowest BCUT2D eigenvalue weighted by atomic mass is 9.79. The van der Waals surface area contributed by atoms with E-state index >= 15 is 0 Å². The highest BCUT2D eigenvalue weighted by atomic mass is 16.3. The molecule has 0 amide bonds. The zero-order valence-corrected chi connectivity index (χ0v) is 10.6. The van der Waals surface area contributed by atoms with Gasteiger partial charge < -0.3 is 15.4 Å². The first-order valence-electron chi connectivity index (χ1n) is 6.71. The van der Waals surface area contributed by atoms with Crippen LogP contribution in [0.2, 0.25) is 0 Å². The van der Waals surface area contributed by atoms with E-state index in [9.17, 15) is 5.11 Å². The van der Waals surface area contributed by atoms with Gasteiger partial charge in [-0.25, -0.2) is 0 Å². The summed E-state index contributed by atoms with van der Waals surface area (Å²) in [6.07, 6.45) is 5.90. The van der Waals surface area contributed by atoms with Gasteiger partial charge in [-0.3, -0.25) is 4.90 Å². The van der Waals surface area contributed by atoms with Crippen LogP contribution >= 0.6 is 0 Å². The van der Waals surface area contributed by atoms with Gasteiger partial charge in [-0.2, -0.15) is 0 Å². The Bertz CT molecular complexity index is 420. The van der Waals surface area contributed by atoms with E-state index in [1.807, 2.05) is 0 Å². The predicted octanol–water partition coefficient (Wildman–Crippen LogP) is -0.274. The summed E-state index contributed by atoms with van der Waals surface area (Å²) in [6, 6.07) is 0.473. The quantitative estimate of drug-likeness (QED) is 0.756. The second-order valence-corrected chi connectivity index (χ2v) is 5.68. The van der Waals surface area contributed by atoms with Gasteiger partial charge in [-0.1, -0.05) is 0 Å². The summed E-state index contributed by atoms with van der Waals surface area (Å²) < 4.78 is 2.11. The lowest BCUT2D eigenvalue weighted by Crippen LogP contribution is -2.54. The normalized spacial score (nSPS) is 33.3. The van der Waals surface area contributed by atoms with Crippen molar-refractivity contribution in [1.29, 1.82) is 0 Å². The van der Waals surface area contributed by atoms with Gasteiger partial charge in [0.05, 0.1) is 13.2 Å². The average Bonchev–Trinajstić information content (AvgIpc) is 2.86. The molecule has 1 saturated carbocycles. The summed E-state index contributed by atoms with van der Waals surface area (Å²) in [7, 11) is 0. The predicted molar refractivity (Wildman–Crippen MR) is 66.7 cm³/mol. The third-order valence-electron chi connectivity index (χ3n) is 4.35. The Morgan fingerprint density at radius 1 is 1.50 bits per heavy atom. The first kappa shape index (κ1) is 12.1. The minimum Gasteiger partial charge on any atom is -0.394 e. The molecule has 1 aliphatic heterocycles. The molecule has 0 saturated heterocycles. The van der Waals surface area contributed by atoms with Crippen LogP contribution in [0.4, 0.5) is 0 Å². The number of aromatic nitrogens is 3. The molecule has 18 heavy (non-hydrogen) atoms. The largest absolute Gasteiger partial charge is 0.394 e. The summed E-state index contributed by atoms with van der Waals surface area (Å²) in [6.45, 7) is 2.92. The van der Waals surface area contributed by atoms with Crippen molar-refractivity contribution in [2.75, 3.05) is 13.2 Å². The topological polar surface area (TPSA) is 80.2 Å². The van der Waals surface area contributed by atoms with Crippen molar-refractivity contribution in [3.8, 4) is 0 Å². The third kappa shape index (κ3) is 2.15. The molecule has 3 rings (SSSR count). The van der Waals surface area contributed by atoms with E-state index < -0.39 is 0 Å². The van der Waals surface area contributed by atoms with E-state index in [1.54, 1.807) is 6.33 Å². The summed E-state index contributed by atoms with van der Waals surface area (Å²) >= 11 is 0. The zero-order chi connectivity index (χ0) is 12.6. The fraction of sp³-hybridized carbons (Fsp3) is 0.833. The van der Waals surface area contributed by atoms with Gasteiger partial charge in [0, 0.05) is 24.7 Å². The van der Waals surface area contributed by atoms with Crippen molar-refractivity contribution in [3.63, 3.8) is 0 Å². The highest BCUT2D eigenvalue weighted by Crippen LogP contribution is 2.30. The number of rotatable bonds is 2. The molecule has 0 spiro atoms. The maximum Gasteiger partial charge on any atom is 0.147 e. The molecule has 1 fully saturated rings. The van der Waals surface area contributed by atoms with Crippen LogP contribution in [0.15, 0.2) is 6.33 Å². The number of aliphatic hydroxyl groups excluding tert-OH is 1. The Morgan fingerprint density at radius 3 is 3.22 bits per heavy atom. The van der Waals surface area contributed by atoms with Gasteiger partial charge in [-0.05, 0) is 25.7 Å². The lowest BCUT2D eigenvalue weighted by molar-refractivity contribution is 0.0645. The van der Waals surface area contributed by atoms with E-state index in [0.717, 1.165) is 44.7 Å². The number of fused-ring (bicyclic) bond motifs is 1. The van der Waals surface area contributed by atoms with Crippen LogP contribution in [0.25, 0.3) is 0 Å². The van der Waals surface area contributed by atoms with Gasteiger partial charge in [0.1, 0.15) is 12.2 Å². The van der Waals surface area contributed by atoms with Crippen LogP contribution in [0.3, 0.4) is 0 Å². The first-order chi connectivity index (χ1) is 8.70. The third-order valence-corrected chi connectivity index (χ3v) is 4.35. The summed E-state index contributed by atoms with van der Waals surface area (Å²) in [5.74, 6) is 1.04. The molecule has 0 radical (unpaired) electrons. The van der Waals surface area contributed by atoms with Crippen molar-refractivity contribution in [2.24, 2.45) is 5.73 Å². The van der Waals surface area contributed by atoms with Crippen molar-refractivity contribution < 1.29 is 5.11 Å². The fourth-order valence-electron chi connectivity index (χ4n) is 3.22. The van der Waals surface area contributed by atoms with Gasteiger partial charge in [0.15, 0.2) is 0 Å². The number of nitrogens with two attached hydrogens (primary N) is 1. The van der Waals surface area contributed by atoms with E-state index in [0.29, 0.717) is 6.04 Å². The molecule has 3 N–H and O–H groups in total. The molecular weight excluding hydrogens is 230 g/mol. The van der Waals surface area contributed by atoms with Gasteiger partial charge in [0.25, 0.3) is 0 Å². The second kappa shape index (κ2) is 4.60. The summed E-state index contributed by atoms with van der Waals surface area (Å²) in [5, 5.41) is 17.5. The number of hydrogen-bond acceptors (Lipinski definition) is 5. The molecule has 0 bridgehead atoms. The SMILES string of the molecule is NC1(CO)CCCC(N2CCn3cnnc3C2)C1. The van der Waals surface area contributed by atoms with Crippen LogP contribution in [0, 0.1) is 0 Å². The monoisotopic (exact) mass is 251 g/mol. The molecule has 6 nitrogen and oxygen atoms in total. The smallest absolute Gasteiger partial charge is 0.147 e. The molecule has 2 heterocycles. The van der Waals surface area contributed by atoms with Crippen molar-refractivity contribution in [2.45, 2.75) is 50.4 Å². The average molecular weight is 251 g/mol.